The van der Waals surface area contributed by atoms with Gasteiger partial charge in [0.1, 0.15) is 0 Å². The third kappa shape index (κ3) is 7.15. The van der Waals surface area contributed by atoms with E-state index in [1.165, 1.54) is 18.6 Å². The average molecular weight is 397 g/mol. The summed E-state index contributed by atoms with van der Waals surface area (Å²) in [5, 5.41) is 17.5. The van der Waals surface area contributed by atoms with Gasteiger partial charge in [-0.2, -0.15) is 0 Å². The Hall–Kier alpha value is -3.00. The van der Waals surface area contributed by atoms with Crippen LogP contribution in [0.4, 0.5) is 5.69 Å². The molecule has 2 heterocycles. The lowest BCUT2D eigenvalue weighted by Crippen LogP contribution is -2.43. The molecule has 0 spiro atoms. The molecule has 29 heavy (non-hydrogen) atoms. The summed E-state index contributed by atoms with van der Waals surface area (Å²) < 4.78 is 5.78. The molecular weight excluding hydrogens is 370 g/mol. The van der Waals surface area contributed by atoms with Gasteiger partial charge in [-0.3, -0.25) is 15.1 Å². The zero-order valence-corrected chi connectivity index (χ0v) is 16.4. The standard InChI is InChI=1S/C21H27N5O3/c27-26(28)19-9-7-17(8-10-19)15-24-21(25-16-20-6-2-4-14-29-20)23-13-11-18-5-1-3-12-22-18/h1,3,5,7-10,12,20H,2,4,6,11,13-16H2,(H2,23,24,25). The van der Waals surface area contributed by atoms with E-state index in [9.17, 15) is 10.1 Å². The summed E-state index contributed by atoms with van der Waals surface area (Å²) >= 11 is 0. The molecule has 1 atom stereocenters. The van der Waals surface area contributed by atoms with E-state index in [1.807, 2.05) is 18.2 Å². The first-order valence-electron chi connectivity index (χ1n) is 9.98. The van der Waals surface area contributed by atoms with Crippen LogP contribution in [0.15, 0.2) is 53.7 Å². The number of nitrogens with one attached hydrogen (secondary N) is 2. The molecule has 3 rings (SSSR count). The van der Waals surface area contributed by atoms with E-state index >= 15 is 0 Å². The topological polar surface area (TPSA) is 102 Å². The van der Waals surface area contributed by atoms with E-state index in [4.69, 9.17) is 4.74 Å². The number of benzene rings is 1. The molecule has 1 aromatic carbocycles. The van der Waals surface area contributed by atoms with Gasteiger partial charge in [0.15, 0.2) is 5.96 Å². The predicted molar refractivity (Wildman–Crippen MR) is 112 cm³/mol. The third-order valence-electron chi connectivity index (χ3n) is 4.74. The van der Waals surface area contributed by atoms with Crippen molar-refractivity contribution in [3.8, 4) is 0 Å². The molecule has 0 bridgehead atoms. The molecular formula is C21H27N5O3. The zero-order valence-electron chi connectivity index (χ0n) is 16.4. The first-order valence-corrected chi connectivity index (χ1v) is 9.98. The molecule has 8 heteroatoms. The lowest BCUT2D eigenvalue weighted by molar-refractivity contribution is -0.384. The van der Waals surface area contributed by atoms with Gasteiger partial charge >= 0.3 is 0 Å². The highest BCUT2D eigenvalue weighted by molar-refractivity contribution is 5.79. The minimum atomic E-state index is -0.399. The molecule has 1 saturated heterocycles. The maximum Gasteiger partial charge on any atom is 0.269 e. The summed E-state index contributed by atoms with van der Waals surface area (Å²) in [5.74, 6) is 0.702. The number of hydrogen-bond donors (Lipinski definition) is 2. The fourth-order valence-electron chi connectivity index (χ4n) is 3.10. The molecule has 2 N–H and O–H groups in total. The lowest BCUT2D eigenvalue weighted by Gasteiger charge is -2.23. The Kier molecular flexibility index (Phi) is 7.94. The van der Waals surface area contributed by atoms with Crippen LogP contribution in [0.5, 0.6) is 0 Å². The van der Waals surface area contributed by atoms with Crippen LogP contribution in [0.1, 0.15) is 30.5 Å². The Morgan fingerprint density at radius 3 is 2.76 bits per heavy atom. The second kappa shape index (κ2) is 11.1. The molecule has 154 valence electrons. The van der Waals surface area contributed by atoms with E-state index in [-0.39, 0.29) is 11.8 Å². The van der Waals surface area contributed by atoms with Crippen LogP contribution in [-0.2, 0) is 17.7 Å². The highest BCUT2D eigenvalue weighted by Crippen LogP contribution is 2.13. The minimum Gasteiger partial charge on any atom is -0.376 e. The second-order valence-electron chi connectivity index (χ2n) is 6.96. The first kappa shape index (κ1) is 20.7. The van der Waals surface area contributed by atoms with Crippen LogP contribution < -0.4 is 10.6 Å². The third-order valence-corrected chi connectivity index (χ3v) is 4.74. The lowest BCUT2D eigenvalue weighted by atomic mass is 10.1. The molecule has 0 aliphatic carbocycles. The van der Waals surface area contributed by atoms with E-state index in [1.54, 1.807) is 18.3 Å². The van der Waals surface area contributed by atoms with Crippen molar-refractivity contribution in [1.82, 2.24) is 15.6 Å². The number of aromatic nitrogens is 1. The Bertz CT molecular complexity index is 790. The fourth-order valence-corrected chi connectivity index (χ4v) is 3.10. The van der Waals surface area contributed by atoms with Crippen LogP contribution in [0.2, 0.25) is 0 Å². The van der Waals surface area contributed by atoms with Gasteiger partial charge in [0.2, 0.25) is 0 Å². The van der Waals surface area contributed by atoms with Gasteiger partial charge in [-0.05, 0) is 37.0 Å². The van der Waals surface area contributed by atoms with Crippen molar-refractivity contribution in [3.05, 3.63) is 70.0 Å². The van der Waals surface area contributed by atoms with Gasteiger partial charge in [0.05, 0.1) is 17.6 Å². The van der Waals surface area contributed by atoms with Crippen LogP contribution in [0.3, 0.4) is 0 Å². The number of nitro benzene ring substituents is 1. The van der Waals surface area contributed by atoms with E-state index in [2.05, 4.69) is 20.6 Å². The van der Waals surface area contributed by atoms with E-state index < -0.39 is 4.92 Å². The minimum absolute atomic E-state index is 0.0824. The first-order chi connectivity index (χ1) is 14.2. The number of nitrogens with zero attached hydrogens (tertiary/aromatic N) is 3. The van der Waals surface area contributed by atoms with Crippen molar-refractivity contribution in [2.75, 3.05) is 19.7 Å². The normalized spacial score (nSPS) is 17.0. The van der Waals surface area contributed by atoms with Crippen molar-refractivity contribution < 1.29 is 9.66 Å². The van der Waals surface area contributed by atoms with Crippen molar-refractivity contribution in [2.24, 2.45) is 4.99 Å². The van der Waals surface area contributed by atoms with Crippen molar-refractivity contribution in [1.29, 1.82) is 0 Å². The largest absolute Gasteiger partial charge is 0.376 e. The van der Waals surface area contributed by atoms with Gasteiger partial charge in [0, 0.05) is 50.1 Å². The van der Waals surface area contributed by atoms with Gasteiger partial charge in [-0.25, -0.2) is 4.99 Å². The number of pyridine rings is 1. The number of guanidine groups is 1. The van der Waals surface area contributed by atoms with Crippen LogP contribution >= 0.6 is 0 Å². The number of aliphatic imine (C=N–C) groups is 1. The van der Waals surface area contributed by atoms with Gasteiger partial charge < -0.3 is 15.4 Å². The molecule has 2 aromatic rings. The SMILES string of the molecule is O=[N+]([O-])c1ccc(CN=C(NCCc2ccccn2)NCC2CCCCO2)cc1. The van der Waals surface area contributed by atoms with E-state index in [0.717, 1.165) is 37.1 Å². The molecule has 0 saturated carbocycles. The Morgan fingerprint density at radius 1 is 1.21 bits per heavy atom. The molecule has 0 amide bonds. The molecule has 1 aromatic heterocycles. The Morgan fingerprint density at radius 2 is 2.07 bits per heavy atom. The summed E-state index contributed by atoms with van der Waals surface area (Å²) in [6.07, 6.45) is 6.15. The maximum atomic E-state index is 10.8. The van der Waals surface area contributed by atoms with Gasteiger partial charge in [0.25, 0.3) is 5.69 Å². The van der Waals surface area contributed by atoms with Crippen LogP contribution in [0, 0.1) is 10.1 Å². The molecule has 1 aliphatic rings. The number of non-ortho nitro benzene ring substituents is 1. The van der Waals surface area contributed by atoms with Crippen molar-refractivity contribution in [2.45, 2.75) is 38.3 Å². The quantitative estimate of drug-likeness (QED) is 0.307. The maximum absolute atomic E-state index is 10.8. The predicted octanol–water partition coefficient (Wildman–Crippen LogP) is 2.84. The molecule has 1 unspecified atom stereocenters. The summed E-state index contributed by atoms with van der Waals surface area (Å²) in [6.45, 7) is 2.65. The summed E-state index contributed by atoms with van der Waals surface area (Å²) in [7, 11) is 0. The fraction of sp³-hybridized carbons (Fsp3) is 0.429. The molecule has 1 fully saturated rings. The monoisotopic (exact) mass is 397 g/mol. The molecule has 0 radical (unpaired) electrons. The Labute approximate surface area is 170 Å². The highest BCUT2D eigenvalue weighted by atomic mass is 16.6. The smallest absolute Gasteiger partial charge is 0.269 e. The number of ether oxygens (including phenoxy) is 1. The number of rotatable bonds is 8. The zero-order chi connectivity index (χ0) is 20.3. The average Bonchev–Trinajstić information content (AvgIpc) is 2.77. The van der Waals surface area contributed by atoms with Crippen molar-refractivity contribution >= 4 is 11.6 Å². The summed E-state index contributed by atoms with van der Waals surface area (Å²) in [5.41, 5.74) is 2.01. The van der Waals surface area contributed by atoms with Gasteiger partial charge in [-0.15, -0.1) is 0 Å². The molecule has 8 nitrogen and oxygen atoms in total. The number of nitro groups is 1. The van der Waals surface area contributed by atoms with Crippen LogP contribution in [-0.4, -0.2) is 41.7 Å². The summed E-state index contributed by atoms with van der Waals surface area (Å²) in [6, 6.07) is 12.3. The second-order valence-corrected chi connectivity index (χ2v) is 6.96. The number of hydrogen-bond acceptors (Lipinski definition) is 5. The van der Waals surface area contributed by atoms with Crippen LogP contribution in [0.25, 0.3) is 0 Å². The highest BCUT2D eigenvalue weighted by Gasteiger charge is 2.14. The van der Waals surface area contributed by atoms with Crippen molar-refractivity contribution in [3.63, 3.8) is 0 Å². The molecule has 1 aliphatic heterocycles. The van der Waals surface area contributed by atoms with Gasteiger partial charge in [-0.1, -0.05) is 18.2 Å². The summed E-state index contributed by atoms with van der Waals surface area (Å²) in [4.78, 5) is 19.4. The van der Waals surface area contributed by atoms with E-state index in [0.29, 0.717) is 25.6 Å². The Balaban J connectivity index is 1.56.